The van der Waals surface area contributed by atoms with Gasteiger partial charge in [0.25, 0.3) is 0 Å². The molecule has 29 heavy (non-hydrogen) atoms. The van der Waals surface area contributed by atoms with Crippen LogP contribution in [0.3, 0.4) is 0 Å². The van der Waals surface area contributed by atoms with Crippen molar-refractivity contribution in [1.82, 2.24) is 15.6 Å². The Morgan fingerprint density at radius 3 is 2.45 bits per heavy atom. The van der Waals surface area contributed by atoms with Crippen molar-refractivity contribution in [3.8, 4) is 0 Å². The van der Waals surface area contributed by atoms with E-state index in [1.54, 1.807) is 18.3 Å². The van der Waals surface area contributed by atoms with Crippen molar-refractivity contribution in [2.45, 2.75) is 19.5 Å². The van der Waals surface area contributed by atoms with E-state index in [1.807, 2.05) is 6.92 Å². The van der Waals surface area contributed by atoms with Crippen molar-refractivity contribution in [2.24, 2.45) is 4.99 Å². The second kappa shape index (κ2) is 12.2. The number of carbonyl (C=O) groups is 1. The molecular formula is C19H23F3IN5O. The number of hydrogen-bond acceptors (Lipinski definition) is 3. The number of aliphatic imine (C=N–C) groups is 1. The molecule has 1 aromatic carbocycles. The monoisotopic (exact) mass is 521 g/mol. The summed E-state index contributed by atoms with van der Waals surface area (Å²) in [4.78, 5) is 20.0. The molecule has 2 rings (SSSR count). The van der Waals surface area contributed by atoms with Crippen molar-refractivity contribution in [1.29, 1.82) is 0 Å². The maximum Gasteiger partial charge on any atom is 0.416 e. The Morgan fingerprint density at radius 2 is 1.86 bits per heavy atom. The highest BCUT2D eigenvalue weighted by atomic mass is 127. The summed E-state index contributed by atoms with van der Waals surface area (Å²) in [6, 6.07) is 8.48. The van der Waals surface area contributed by atoms with E-state index in [4.69, 9.17) is 0 Å². The fourth-order valence-corrected chi connectivity index (χ4v) is 2.32. The van der Waals surface area contributed by atoms with Crippen LogP contribution < -0.4 is 16.0 Å². The zero-order valence-electron chi connectivity index (χ0n) is 15.8. The van der Waals surface area contributed by atoms with Crippen molar-refractivity contribution < 1.29 is 18.0 Å². The van der Waals surface area contributed by atoms with Gasteiger partial charge < -0.3 is 16.0 Å². The van der Waals surface area contributed by atoms with Crippen molar-refractivity contribution >= 4 is 41.5 Å². The first-order valence-corrected chi connectivity index (χ1v) is 8.76. The molecule has 0 spiro atoms. The van der Waals surface area contributed by atoms with Crippen molar-refractivity contribution in [2.75, 3.05) is 25.0 Å². The minimum Gasteiger partial charge on any atom is -0.357 e. The number of guanidine groups is 1. The molecule has 6 nitrogen and oxygen atoms in total. The summed E-state index contributed by atoms with van der Waals surface area (Å²) in [6.07, 6.45) is -0.671. The maximum absolute atomic E-state index is 12.6. The van der Waals surface area contributed by atoms with Crippen LogP contribution in [0.4, 0.5) is 18.9 Å². The Bertz CT molecular complexity index is 783. The number of amides is 1. The number of hydrogen-bond donors (Lipinski definition) is 3. The number of rotatable bonds is 7. The van der Waals surface area contributed by atoms with Gasteiger partial charge in [-0.25, -0.2) is 4.99 Å². The molecular weight excluding hydrogens is 498 g/mol. The first kappa shape index (κ1) is 24.7. The summed E-state index contributed by atoms with van der Waals surface area (Å²) < 4.78 is 37.7. The molecule has 0 fully saturated rings. The second-order valence-corrected chi connectivity index (χ2v) is 5.86. The topological polar surface area (TPSA) is 78.4 Å². The van der Waals surface area contributed by atoms with Gasteiger partial charge in [0.1, 0.15) is 6.54 Å². The Morgan fingerprint density at radius 1 is 1.14 bits per heavy atom. The molecule has 1 amide bonds. The van der Waals surface area contributed by atoms with Crippen LogP contribution in [0.15, 0.2) is 53.8 Å². The van der Waals surface area contributed by atoms with Gasteiger partial charge in [-0.2, -0.15) is 13.2 Å². The van der Waals surface area contributed by atoms with Crippen LogP contribution in [0.25, 0.3) is 0 Å². The van der Waals surface area contributed by atoms with Gasteiger partial charge in [0, 0.05) is 19.3 Å². The van der Waals surface area contributed by atoms with Crippen molar-refractivity contribution in [3.63, 3.8) is 0 Å². The zero-order valence-corrected chi connectivity index (χ0v) is 18.1. The van der Waals surface area contributed by atoms with E-state index in [1.165, 1.54) is 18.3 Å². The number of nitrogens with zero attached hydrogens (tertiary/aromatic N) is 2. The lowest BCUT2D eigenvalue weighted by atomic mass is 10.1. The maximum atomic E-state index is 12.6. The zero-order chi connectivity index (χ0) is 20.4. The highest BCUT2D eigenvalue weighted by Gasteiger charge is 2.29. The lowest BCUT2D eigenvalue weighted by Crippen LogP contribution is -2.39. The minimum absolute atomic E-state index is 0. The molecule has 0 saturated carbocycles. The van der Waals surface area contributed by atoms with E-state index in [-0.39, 0.29) is 36.4 Å². The first-order valence-electron chi connectivity index (χ1n) is 8.76. The molecule has 3 N–H and O–H groups in total. The predicted octanol–water partition coefficient (Wildman–Crippen LogP) is 3.45. The highest BCUT2D eigenvalue weighted by molar-refractivity contribution is 14.0. The largest absolute Gasteiger partial charge is 0.416 e. The van der Waals surface area contributed by atoms with Gasteiger partial charge in [-0.3, -0.25) is 9.78 Å². The number of pyridine rings is 1. The molecule has 10 heteroatoms. The molecule has 0 radical (unpaired) electrons. The third-order valence-electron chi connectivity index (χ3n) is 3.66. The molecule has 0 atom stereocenters. The fraction of sp³-hybridized carbons (Fsp3) is 0.316. The fourth-order valence-electron chi connectivity index (χ4n) is 2.32. The first-order chi connectivity index (χ1) is 13.4. The molecule has 1 heterocycles. The summed E-state index contributed by atoms with van der Waals surface area (Å²) in [6.45, 7) is 2.88. The Labute approximate surface area is 184 Å². The molecule has 0 bridgehead atoms. The molecule has 2 aromatic rings. The molecule has 0 aliphatic carbocycles. The number of halogens is 4. The third-order valence-corrected chi connectivity index (χ3v) is 3.66. The van der Waals surface area contributed by atoms with Crippen molar-refractivity contribution in [3.05, 3.63) is 59.9 Å². The number of anilines is 1. The van der Waals surface area contributed by atoms with Gasteiger partial charge in [0.2, 0.25) is 5.91 Å². The van der Waals surface area contributed by atoms with Gasteiger partial charge in [0.15, 0.2) is 5.96 Å². The summed E-state index contributed by atoms with van der Waals surface area (Å²) in [7, 11) is 0. The number of carbonyl (C=O) groups excluding carboxylic acids is 1. The Hall–Kier alpha value is -2.37. The van der Waals surface area contributed by atoms with Crippen LogP contribution in [-0.2, 0) is 17.4 Å². The van der Waals surface area contributed by atoms with Crippen LogP contribution in [-0.4, -0.2) is 36.5 Å². The van der Waals surface area contributed by atoms with Gasteiger partial charge in [0.05, 0.1) is 17.4 Å². The van der Waals surface area contributed by atoms with Crippen LogP contribution in [0, 0.1) is 0 Å². The quantitative estimate of drug-likeness (QED) is 0.297. The average molecular weight is 521 g/mol. The minimum atomic E-state index is -4.34. The summed E-state index contributed by atoms with van der Waals surface area (Å²) >= 11 is 0. The summed E-state index contributed by atoms with van der Waals surface area (Å²) in [5.74, 6) is 0.170. The third kappa shape index (κ3) is 9.11. The molecule has 158 valence electrons. The Kier molecular flexibility index (Phi) is 10.4. The van der Waals surface area contributed by atoms with Gasteiger partial charge in [-0.05, 0) is 43.2 Å². The molecule has 1 aromatic heterocycles. The smallest absolute Gasteiger partial charge is 0.357 e. The standard InChI is InChI=1S/C19H22F3N5O.HI/c1-2-24-18(26-13-17(28)27-16-4-3-10-23-12-16)25-11-9-14-5-7-15(8-6-14)19(20,21)22;/h3-8,10,12H,2,9,11,13H2,1H3,(H,27,28)(H2,24,25,26);1H. The lowest BCUT2D eigenvalue weighted by Gasteiger charge is -2.12. The molecule has 0 aliphatic rings. The van der Waals surface area contributed by atoms with Crippen LogP contribution in [0.2, 0.25) is 0 Å². The highest BCUT2D eigenvalue weighted by Crippen LogP contribution is 2.29. The normalized spacial score (nSPS) is 11.4. The number of aromatic nitrogens is 1. The average Bonchev–Trinajstić information content (AvgIpc) is 2.66. The van der Waals surface area contributed by atoms with E-state index in [0.29, 0.717) is 31.2 Å². The van der Waals surface area contributed by atoms with Crippen LogP contribution in [0.1, 0.15) is 18.1 Å². The molecule has 0 saturated heterocycles. The van der Waals surface area contributed by atoms with Crippen LogP contribution in [0.5, 0.6) is 0 Å². The van der Waals surface area contributed by atoms with Gasteiger partial charge >= 0.3 is 6.18 Å². The van der Waals surface area contributed by atoms with E-state index < -0.39 is 11.7 Å². The van der Waals surface area contributed by atoms with Crippen LogP contribution >= 0.6 is 24.0 Å². The van der Waals surface area contributed by atoms with E-state index >= 15 is 0 Å². The predicted molar refractivity (Wildman–Crippen MR) is 117 cm³/mol. The molecule has 0 unspecified atom stereocenters. The van der Waals surface area contributed by atoms with E-state index in [9.17, 15) is 18.0 Å². The summed E-state index contributed by atoms with van der Waals surface area (Å²) in [5.41, 5.74) is 0.687. The second-order valence-electron chi connectivity index (χ2n) is 5.86. The number of alkyl halides is 3. The number of benzene rings is 1. The summed E-state index contributed by atoms with van der Waals surface area (Å²) in [5, 5.41) is 8.76. The lowest BCUT2D eigenvalue weighted by molar-refractivity contribution is -0.137. The van der Waals surface area contributed by atoms with Gasteiger partial charge in [-0.1, -0.05) is 12.1 Å². The number of nitrogens with one attached hydrogen (secondary N) is 3. The van der Waals surface area contributed by atoms with E-state index in [0.717, 1.165) is 17.7 Å². The molecule has 0 aliphatic heterocycles. The SMILES string of the molecule is CCNC(=NCC(=O)Nc1cccnc1)NCCc1ccc(C(F)(F)F)cc1.I. The Balaban J connectivity index is 0.00000420. The van der Waals surface area contributed by atoms with Gasteiger partial charge in [-0.15, -0.1) is 24.0 Å². The van der Waals surface area contributed by atoms with E-state index in [2.05, 4.69) is 25.9 Å².